The van der Waals surface area contributed by atoms with Crippen LogP contribution in [0.3, 0.4) is 0 Å². The second kappa shape index (κ2) is 10.2. The molecule has 0 bridgehead atoms. The summed E-state index contributed by atoms with van der Waals surface area (Å²) in [6.45, 7) is 8.77. The van der Waals surface area contributed by atoms with Gasteiger partial charge in [-0.05, 0) is 82.7 Å². The summed E-state index contributed by atoms with van der Waals surface area (Å²) >= 11 is 3.51. The molecule has 1 aliphatic heterocycles. The Balaban J connectivity index is 1.65. The largest absolute Gasteiger partial charge is 0.494 e. The lowest BCUT2D eigenvalue weighted by Crippen LogP contribution is -2.43. The first kappa shape index (κ1) is 20.2. The number of esters is 1. The number of piperidine rings is 1. The van der Waals surface area contributed by atoms with Gasteiger partial charge in [-0.2, -0.15) is 0 Å². The fraction of sp³-hybridized carbons (Fsp3) is 0.650. The fourth-order valence-corrected chi connectivity index (χ4v) is 3.70. The van der Waals surface area contributed by atoms with Gasteiger partial charge in [-0.3, -0.25) is 9.69 Å². The SMILES string of the molecule is CCOC(=O)CN1CC[C@@H](CCCOc2ccc(Br)c(C)c2)C[C@H]1C. The molecule has 4 nitrogen and oxygen atoms in total. The van der Waals surface area contributed by atoms with Gasteiger partial charge in [0.2, 0.25) is 0 Å². The first-order chi connectivity index (χ1) is 12.0. The summed E-state index contributed by atoms with van der Waals surface area (Å²) in [5, 5.41) is 0. The summed E-state index contributed by atoms with van der Waals surface area (Å²) in [5.74, 6) is 1.56. The van der Waals surface area contributed by atoms with Crippen molar-refractivity contribution in [3.05, 3.63) is 28.2 Å². The fourth-order valence-electron chi connectivity index (χ4n) is 3.46. The molecule has 0 saturated carbocycles. The van der Waals surface area contributed by atoms with Crippen molar-refractivity contribution < 1.29 is 14.3 Å². The maximum absolute atomic E-state index is 11.6. The maximum Gasteiger partial charge on any atom is 0.320 e. The van der Waals surface area contributed by atoms with Crippen LogP contribution in [0.25, 0.3) is 0 Å². The molecule has 5 heteroatoms. The third-order valence-electron chi connectivity index (χ3n) is 4.91. The Kier molecular flexibility index (Phi) is 8.24. The molecule has 2 rings (SSSR count). The Morgan fingerprint density at radius 1 is 1.40 bits per heavy atom. The highest BCUT2D eigenvalue weighted by atomic mass is 79.9. The smallest absolute Gasteiger partial charge is 0.320 e. The van der Waals surface area contributed by atoms with E-state index in [4.69, 9.17) is 9.47 Å². The number of hydrogen-bond donors (Lipinski definition) is 0. The van der Waals surface area contributed by atoms with E-state index in [1.165, 1.54) is 12.0 Å². The van der Waals surface area contributed by atoms with Crippen LogP contribution in [-0.4, -0.2) is 43.2 Å². The van der Waals surface area contributed by atoms with Gasteiger partial charge < -0.3 is 9.47 Å². The van der Waals surface area contributed by atoms with Crippen molar-refractivity contribution in [2.24, 2.45) is 5.92 Å². The first-order valence-electron chi connectivity index (χ1n) is 9.28. The lowest BCUT2D eigenvalue weighted by atomic mass is 9.88. The maximum atomic E-state index is 11.6. The molecule has 0 aromatic heterocycles. The zero-order valence-corrected chi connectivity index (χ0v) is 17.2. The second-order valence-corrected chi connectivity index (χ2v) is 7.77. The topological polar surface area (TPSA) is 38.8 Å². The lowest BCUT2D eigenvalue weighted by Gasteiger charge is -2.37. The minimum Gasteiger partial charge on any atom is -0.494 e. The van der Waals surface area contributed by atoms with E-state index in [0.717, 1.165) is 48.6 Å². The van der Waals surface area contributed by atoms with E-state index in [1.807, 2.05) is 19.1 Å². The van der Waals surface area contributed by atoms with Crippen molar-refractivity contribution in [1.82, 2.24) is 4.90 Å². The van der Waals surface area contributed by atoms with Crippen molar-refractivity contribution in [2.45, 2.75) is 52.5 Å². The van der Waals surface area contributed by atoms with Gasteiger partial charge in [-0.25, -0.2) is 0 Å². The summed E-state index contributed by atoms with van der Waals surface area (Å²) < 4.78 is 12.0. The molecule has 1 aromatic rings. The second-order valence-electron chi connectivity index (χ2n) is 6.92. The van der Waals surface area contributed by atoms with Crippen LogP contribution in [-0.2, 0) is 9.53 Å². The molecule has 1 aromatic carbocycles. The number of carbonyl (C=O) groups is 1. The molecular formula is C20H30BrNO3. The van der Waals surface area contributed by atoms with Crippen molar-refractivity contribution in [1.29, 1.82) is 0 Å². The number of likely N-dealkylation sites (tertiary alicyclic amines) is 1. The van der Waals surface area contributed by atoms with Gasteiger partial charge in [0, 0.05) is 10.5 Å². The van der Waals surface area contributed by atoms with Gasteiger partial charge in [0.1, 0.15) is 5.75 Å². The predicted octanol–water partition coefficient (Wildman–Crippen LogP) is 4.58. The number of ether oxygens (including phenoxy) is 2. The minimum absolute atomic E-state index is 0.106. The predicted molar refractivity (Wildman–Crippen MR) is 104 cm³/mol. The van der Waals surface area contributed by atoms with Gasteiger partial charge >= 0.3 is 5.97 Å². The normalized spacial score (nSPS) is 21.1. The molecule has 1 heterocycles. The quantitative estimate of drug-likeness (QED) is 0.463. The van der Waals surface area contributed by atoms with Crippen LogP contribution in [0.1, 0.15) is 45.1 Å². The van der Waals surface area contributed by atoms with E-state index in [9.17, 15) is 4.79 Å². The molecule has 1 fully saturated rings. The van der Waals surface area contributed by atoms with Gasteiger partial charge in [0.25, 0.3) is 0 Å². The number of carbonyl (C=O) groups excluding carboxylic acids is 1. The molecule has 0 radical (unpaired) electrons. The van der Waals surface area contributed by atoms with Crippen LogP contribution in [0.4, 0.5) is 0 Å². The molecule has 0 amide bonds. The van der Waals surface area contributed by atoms with E-state index in [2.05, 4.69) is 40.7 Å². The standard InChI is InChI=1S/C20H30BrNO3/c1-4-24-20(23)14-22-10-9-17(13-16(22)3)6-5-11-25-18-7-8-19(21)15(2)12-18/h7-8,12,16-17H,4-6,9-11,13-14H2,1-3H3/t16-,17-/m1/s1. The van der Waals surface area contributed by atoms with Gasteiger partial charge in [0.05, 0.1) is 19.8 Å². The van der Waals surface area contributed by atoms with Crippen LogP contribution < -0.4 is 4.74 Å². The van der Waals surface area contributed by atoms with E-state index in [0.29, 0.717) is 19.2 Å². The van der Waals surface area contributed by atoms with Crippen molar-refractivity contribution in [2.75, 3.05) is 26.3 Å². The average Bonchev–Trinajstić information content (AvgIpc) is 2.57. The molecular weight excluding hydrogens is 382 g/mol. The van der Waals surface area contributed by atoms with Gasteiger partial charge in [0.15, 0.2) is 0 Å². The highest BCUT2D eigenvalue weighted by Gasteiger charge is 2.26. The zero-order valence-electron chi connectivity index (χ0n) is 15.6. The van der Waals surface area contributed by atoms with Crippen LogP contribution in [0.15, 0.2) is 22.7 Å². The monoisotopic (exact) mass is 411 g/mol. The van der Waals surface area contributed by atoms with Crippen LogP contribution >= 0.6 is 15.9 Å². The molecule has 140 valence electrons. The molecule has 1 aliphatic rings. The summed E-state index contributed by atoms with van der Waals surface area (Å²) in [4.78, 5) is 13.9. The number of aryl methyl sites for hydroxylation is 1. The summed E-state index contributed by atoms with van der Waals surface area (Å²) in [6.07, 6.45) is 4.56. The molecule has 1 saturated heterocycles. The Morgan fingerprint density at radius 3 is 2.88 bits per heavy atom. The molecule has 0 N–H and O–H groups in total. The lowest BCUT2D eigenvalue weighted by molar-refractivity contribution is -0.145. The summed E-state index contributed by atoms with van der Waals surface area (Å²) in [6, 6.07) is 6.55. The molecule has 2 atom stereocenters. The van der Waals surface area contributed by atoms with E-state index in [1.54, 1.807) is 0 Å². The minimum atomic E-state index is -0.106. The zero-order chi connectivity index (χ0) is 18.2. The summed E-state index contributed by atoms with van der Waals surface area (Å²) in [7, 11) is 0. The third kappa shape index (κ3) is 6.63. The Bertz CT molecular complexity index is 564. The van der Waals surface area contributed by atoms with Gasteiger partial charge in [-0.15, -0.1) is 0 Å². The summed E-state index contributed by atoms with van der Waals surface area (Å²) in [5.41, 5.74) is 1.19. The number of hydrogen-bond acceptors (Lipinski definition) is 4. The Morgan fingerprint density at radius 2 is 2.20 bits per heavy atom. The highest BCUT2D eigenvalue weighted by Crippen LogP contribution is 2.27. The molecule has 0 aliphatic carbocycles. The molecule has 25 heavy (non-hydrogen) atoms. The van der Waals surface area contributed by atoms with E-state index < -0.39 is 0 Å². The third-order valence-corrected chi connectivity index (χ3v) is 5.80. The molecule has 0 spiro atoms. The van der Waals surface area contributed by atoms with Gasteiger partial charge in [-0.1, -0.05) is 15.9 Å². The number of rotatable bonds is 8. The van der Waals surface area contributed by atoms with Crippen molar-refractivity contribution in [3.63, 3.8) is 0 Å². The highest BCUT2D eigenvalue weighted by molar-refractivity contribution is 9.10. The van der Waals surface area contributed by atoms with E-state index in [-0.39, 0.29) is 5.97 Å². The van der Waals surface area contributed by atoms with Crippen LogP contribution in [0, 0.1) is 12.8 Å². The molecule has 0 unspecified atom stereocenters. The van der Waals surface area contributed by atoms with Crippen molar-refractivity contribution >= 4 is 21.9 Å². The Hall–Kier alpha value is -1.07. The number of halogens is 1. The number of nitrogens with zero attached hydrogens (tertiary/aromatic N) is 1. The van der Waals surface area contributed by atoms with E-state index >= 15 is 0 Å². The Labute approximate surface area is 160 Å². The van der Waals surface area contributed by atoms with Crippen LogP contribution in [0.5, 0.6) is 5.75 Å². The van der Waals surface area contributed by atoms with Crippen molar-refractivity contribution in [3.8, 4) is 5.75 Å². The average molecular weight is 412 g/mol. The number of benzene rings is 1. The van der Waals surface area contributed by atoms with Crippen LogP contribution in [0.2, 0.25) is 0 Å². The first-order valence-corrected chi connectivity index (χ1v) is 10.1.